The average molecular weight is 491 g/mol. The number of hydrogen-bond donors (Lipinski definition) is 1. The van der Waals surface area contributed by atoms with Crippen LogP contribution >= 0.6 is 23.2 Å². The number of fused-ring (bicyclic) bond motifs is 1. The molecule has 0 atom stereocenters. The Morgan fingerprint density at radius 1 is 0.939 bits per heavy atom. The Bertz CT molecular complexity index is 1220. The molecule has 0 radical (unpaired) electrons. The topological polar surface area (TPSA) is 80.9 Å². The number of H-pyrrole nitrogens is 1. The second kappa shape index (κ2) is 9.53. The Balaban J connectivity index is 1.51. The molecule has 3 aromatic rings. The van der Waals surface area contributed by atoms with Crippen LogP contribution in [0.25, 0.3) is 10.9 Å². The largest absolute Gasteiger partial charge is 0.496 e. The van der Waals surface area contributed by atoms with Gasteiger partial charge >= 0.3 is 0 Å². The molecule has 1 aromatic heterocycles. The quantitative estimate of drug-likeness (QED) is 0.478. The predicted octanol–water partition coefficient (Wildman–Crippen LogP) is 5.24. The van der Waals surface area contributed by atoms with Crippen LogP contribution in [-0.4, -0.2) is 56.0 Å². The number of likely N-dealkylation sites (tertiary alicyclic amines) is 1. The van der Waals surface area contributed by atoms with Crippen molar-refractivity contribution >= 4 is 45.8 Å². The smallest absolute Gasteiger partial charge is 0.270 e. The number of rotatable bonds is 6. The van der Waals surface area contributed by atoms with Crippen LogP contribution in [0.15, 0.2) is 30.3 Å². The highest BCUT2D eigenvalue weighted by molar-refractivity contribution is 6.42. The minimum absolute atomic E-state index is 0.0212. The lowest BCUT2D eigenvalue weighted by atomic mass is 9.89. The normalized spacial score (nSPS) is 14.4. The monoisotopic (exact) mass is 490 g/mol. The van der Waals surface area contributed by atoms with E-state index in [2.05, 4.69) is 4.98 Å². The van der Waals surface area contributed by atoms with Crippen LogP contribution in [0.4, 0.5) is 0 Å². The fraction of sp³-hybridized carbons (Fsp3) is 0.333. The molecule has 1 aliphatic rings. The number of nitrogens with zero attached hydrogens (tertiary/aromatic N) is 1. The summed E-state index contributed by atoms with van der Waals surface area (Å²) in [5.74, 6) is 1.28. The molecule has 0 saturated carbocycles. The van der Waals surface area contributed by atoms with Crippen molar-refractivity contribution < 1.29 is 23.8 Å². The first kappa shape index (κ1) is 23.3. The highest BCUT2D eigenvalue weighted by Gasteiger charge is 2.30. The number of benzene rings is 2. The summed E-state index contributed by atoms with van der Waals surface area (Å²) in [5.41, 5.74) is 1.59. The number of ether oxygens (including phenoxy) is 3. The number of aromatic amines is 1. The first-order chi connectivity index (χ1) is 15.9. The molecular formula is C24H24Cl2N2O5. The Kier molecular flexibility index (Phi) is 6.72. The number of Topliss-reactive ketones (excluding diaryl/α,β-unsaturated/α-hetero) is 1. The first-order valence-corrected chi connectivity index (χ1v) is 11.2. The molecule has 2 heterocycles. The van der Waals surface area contributed by atoms with Gasteiger partial charge in [-0.05, 0) is 37.1 Å². The zero-order valence-electron chi connectivity index (χ0n) is 18.5. The Morgan fingerprint density at radius 3 is 2.24 bits per heavy atom. The van der Waals surface area contributed by atoms with Crippen molar-refractivity contribution in [2.45, 2.75) is 12.8 Å². The van der Waals surface area contributed by atoms with E-state index in [0.29, 0.717) is 70.0 Å². The number of halogens is 2. The average Bonchev–Trinajstić information content (AvgIpc) is 3.29. The highest BCUT2D eigenvalue weighted by Crippen LogP contribution is 2.41. The molecule has 9 heteroatoms. The lowest BCUT2D eigenvalue weighted by Gasteiger charge is -2.31. The number of methoxy groups -OCH3 is 3. The summed E-state index contributed by atoms with van der Waals surface area (Å²) in [4.78, 5) is 31.0. The Hall–Kier alpha value is -2.90. The number of ketones is 1. The molecule has 1 saturated heterocycles. The fourth-order valence-electron chi connectivity index (χ4n) is 4.25. The number of amides is 1. The summed E-state index contributed by atoms with van der Waals surface area (Å²) in [5, 5.41) is 1.50. The molecule has 1 aliphatic heterocycles. The maximum absolute atomic E-state index is 13.2. The predicted molar refractivity (Wildman–Crippen MR) is 127 cm³/mol. The molecule has 0 aliphatic carbocycles. The van der Waals surface area contributed by atoms with Gasteiger partial charge in [0.15, 0.2) is 17.3 Å². The molecule has 33 heavy (non-hydrogen) atoms. The molecule has 1 fully saturated rings. The van der Waals surface area contributed by atoms with Crippen LogP contribution in [0, 0.1) is 5.92 Å². The van der Waals surface area contributed by atoms with E-state index in [1.54, 1.807) is 56.6 Å². The third-order valence-electron chi connectivity index (χ3n) is 6.03. The van der Waals surface area contributed by atoms with E-state index >= 15 is 0 Å². The van der Waals surface area contributed by atoms with E-state index in [-0.39, 0.29) is 17.6 Å². The zero-order chi connectivity index (χ0) is 23.7. The van der Waals surface area contributed by atoms with Crippen molar-refractivity contribution in [1.29, 1.82) is 0 Å². The molecule has 2 aromatic carbocycles. The minimum atomic E-state index is -0.168. The maximum atomic E-state index is 13.2. The van der Waals surface area contributed by atoms with Crippen LogP contribution in [-0.2, 0) is 0 Å². The van der Waals surface area contributed by atoms with Crippen LogP contribution in [0.2, 0.25) is 10.0 Å². The molecule has 0 unspecified atom stereocenters. The lowest BCUT2D eigenvalue weighted by Crippen LogP contribution is -2.40. The summed E-state index contributed by atoms with van der Waals surface area (Å²) in [6.45, 7) is 0.951. The molecule has 0 spiro atoms. The molecule has 1 amide bonds. The SMILES string of the molecule is COc1cc(OC)c2cc(C(=O)N3CCC(C(=O)c4ccc(Cl)c(Cl)c4)CC3)[nH]c2c1OC. The van der Waals surface area contributed by atoms with Crippen molar-refractivity contribution in [3.8, 4) is 17.2 Å². The summed E-state index contributed by atoms with van der Waals surface area (Å²) < 4.78 is 16.4. The van der Waals surface area contributed by atoms with Gasteiger partial charge in [-0.1, -0.05) is 23.2 Å². The van der Waals surface area contributed by atoms with Gasteiger partial charge in [0.25, 0.3) is 5.91 Å². The minimum Gasteiger partial charge on any atom is -0.496 e. The van der Waals surface area contributed by atoms with Crippen LogP contribution < -0.4 is 14.2 Å². The maximum Gasteiger partial charge on any atom is 0.270 e. The van der Waals surface area contributed by atoms with Gasteiger partial charge in [-0.2, -0.15) is 0 Å². The van der Waals surface area contributed by atoms with E-state index in [0.717, 1.165) is 5.39 Å². The second-order valence-corrected chi connectivity index (χ2v) is 8.66. The number of carbonyl (C=O) groups is 2. The third kappa shape index (κ3) is 4.35. The second-order valence-electron chi connectivity index (χ2n) is 7.85. The zero-order valence-corrected chi connectivity index (χ0v) is 20.0. The summed E-state index contributed by atoms with van der Waals surface area (Å²) in [7, 11) is 4.65. The van der Waals surface area contributed by atoms with Gasteiger partial charge in [0.05, 0.1) is 36.9 Å². The van der Waals surface area contributed by atoms with Gasteiger partial charge in [0.1, 0.15) is 11.4 Å². The standard InChI is InChI=1S/C24H24Cl2N2O5/c1-31-19-12-20(32-2)23(33-3)21-15(19)11-18(27-21)24(30)28-8-6-13(7-9-28)22(29)14-4-5-16(25)17(26)10-14/h4-5,10-13,27H,6-9H2,1-3H3. The van der Waals surface area contributed by atoms with Crippen LogP contribution in [0.1, 0.15) is 33.7 Å². The molecule has 0 bridgehead atoms. The van der Waals surface area contributed by atoms with E-state index in [1.807, 2.05) is 0 Å². The van der Waals surface area contributed by atoms with Crippen molar-refractivity contribution in [1.82, 2.24) is 9.88 Å². The number of hydrogen-bond acceptors (Lipinski definition) is 5. The number of aromatic nitrogens is 1. The van der Waals surface area contributed by atoms with Crippen molar-refractivity contribution in [3.05, 3.63) is 51.6 Å². The number of nitrogens with one attached hydrogen (secondary N) is 1. The van der Waals surface area contributed by atoms with Crippen LogP contribution in [0.3, 0.4) is 0 Å². The van der Waals surface area contributed by atoms with Gasteiger partial charge in [0.2, 0.25) is 0 Å². The molecular weight excluding hydrogens is 467 g/mol. The van der Waals surface area contributed by atoms with E-state index in [4.69, 9.17) is 37.4 Å². The summed E-state index contributed by atoms with van der Waals surface area (Å²) in [6, 6.07) is 8.40. The molecule has 174 valence electrons. The van der Waals surface area contributed by atoms with E-state index in [1.165, 1.54) is 0 Å². The van der Waals surface area contributed by atoms with Crippen molar-refractivity contribution in [2.75, 3.05) is 34.4 Å². The third-order valence-corrected chi connectivity index (χ3v) is 6.77. The van der Waals surface area contributed by atoms with Gasteiger partial charge in [-0.15, -0.1) is 0 Å². The molecule has 4 rings (SSSR count). The van der Waals surface area contributed by atoms with E-state index < -0.39 is 0 Å². The fourth-order valence-corrected chi connectivity index (χ4v) is 4.55. The van der Waals surface area contributed by atoms with Crippen molar-refractivity contribution in [2.24, 2.45) is 5.92 Å². The molecule has 1 N–H and O–H groups in total. The lowest BCUT2D eigenvalue weighted by molar-refractivity contribution is 0.0646. The van der Waals surface area contributed by atoms with Gasteiger partial charge < -0.3 is 24.1 Å². The van der Waals surface area contributed by atoms with Gasteiger partial charge in [-0.3, -0.25) is 9.59 Å². The number of piperidine rings is 1. The Morgan fingerprint density at radius 2 is 1.64 bits per heavy atom. The van der Waals surface area contributed by atoms with Gasteiger partial charge in [-0.25, -0.2) is 0 Å². The Labute approximate surface area is 201 Å². The summed E-state index contributed by atoms with van der Waals surface area (Å²) in [6.07, 6.45) is 1.15. The van der Waals surface area contributed by atoms with E-state index in [9.17, 15) is 9.59 Å². The van der Waals surface area contributed by atoms with Crippen LogP contribution in [0.5, 0.6) is 17.2 Å². The highest BCUT2D eigenvalue weighted by atomic mass is 35.5. The number of carbonyl (C=O) groups excluding carboxylic acids is 2. The first-order valence-electron chi connectivity index (χ1n) is 10.5. The van der Waals surface area contributed by atoms with Gasteiger partial charge in [0, 0.05) is 36.0 Å². The molecule has 7 nitrogen and oxygen atoms in total. The summed E-state index contributed by atoms with van der Waals surface area (Å²) >= 11 is 12.0. The van der Waals surface area contributed by atoms with Crippen molar-refractivity contribution in [3.63, 3.8) is 0 Å².